The molecular weight excluding hydrogens is 549 g/mol. The number of anilines is 1. The summed E-state index contributed by atoms with van der Waals surface area (Å²) in [4.78, 5) is 3.86. The topological polar surface area (TPSA) is 7.12 Å². The van der Waals surface area contributed by atoms with Gasteiger partial charge in [-0.25, -0.2) is 0 Å². The van der Waals surface area contributed by atoms with Crippen molar-refractivity contribution >= 4 is 66.6 Å². The van der Waals surface area contributed by atoms with Crippen LogP contribution in [0.2, 0.25) is 0 Å². The molecule has 0 radical (unpaired) electrons. The molecule has 0 bridgehead atoms. The minimum Gasteiger partial charge on any atom is -0.335 e. The van der Waals surface area contributed by atoms with E-state index in [4.69, 9.17) is 0 Å². The van der Waals surface area contributed by atoms with Crippen LogP contribution >= 0.6 is 23.1 Å². The lowest BCUT2D eigenvalue weighted by Crippen LogP contribution is -2.33. The maximum absolute atomic E-state index is 2.48. The Labute approximate surface area is 257 Å². The Kier molecular flexibility index (Phi) is 7.08. The molecule has 2 nitrogen and oxygen atoms in total. The van der Waals surface area contributed by atoms with E-state index in [-0.39, 0.29) is 5.41 Å². The molecule has 1 aromatic heterocycles. The molecule has 1 aliphatic carbocycles. The molecule has 0 fully saturated rings. The summed E-state index contributed by atoms with van der Waals surface area (Å²) in [5.41, 5.74) is 5.70. The Morgan fingerprint density at radius 2 is 1.62 bits per heavy atom. The molecule has 210 valence electrons. The molecule has 5 aromatic rings. The van der Waals surface area contributed by atoms with E-state index < -0.39 is 0 Å². The normalized spacial score (nSPS) is 18.7. The second-order valence-corrected chi connectivity index (χ2v) is 14.2. The number of hydrogen-bond donors (Lipinski definition) is 0. The van der Waals surface area contributed by atoms with Gasteiger partial charge in [-0.05, 0) is 77.6 Å². The van der Waals surface area contributed by atoms with Crippen molar-refractivity contribution in [3.63, 3.8) is 0 Å². The average molecular weight is 586 g/mol. The average Bonchev–Trinajstić information content (AvgIpc) is 3.53. The Bertz CT molecular complexity index is 1970. The number of thioether (sulfide) groups is 1. The number of aromatic nitrogens is 1. The van der Waals surface area contributed by atoms with Crippen LogP contribution in [-0.4, -0.2) is 6.54 Å². The minimum absolute atomic E-state index is 0.223. The molecule has 4 heteroatoms. The van der Waals surface area contributed by atoms with Crippen molar-refractivity contribution in [1.82, 2.24) is 0 Å². The number of hydrogen-bond acceptors (Lipinski definition) is 3. The zero-order chi connectivity index (χ0) is 28.8. The monoisotopic (exact) mass is 585 g/mol. The van der Waals surface area contributed by atoms with Crippen molar-refractivity contribution in [3.8, 4) is 0 Å². The summed E-state index contributed by atoms with van der Waals surface area (Å²) in [6, 6.07) is 26.6. The van der Waals surface area contributed by atoms with E-state index in [0.717, 1.165) is 25.9 Å². The number of allylic oxidation sites excluding steroid dienone is 6. The van der Waals surface area contributed by atoms with Crippen LogP contribution in [0.4, 0.5) is 5.69 Å². The van der Waals surface area contributed by atoms with Crippen molar-refractivity contribution in [2.45, 2.75) is 52.0 Å². The van der Waals surface area contributed by atoms with Gasteiger partial charge in [0.05, 0.1) is 10.7 Å². The minimum atomic E-state index is 0.223. The third-order valence-corrected chi connectivity index (χ3v) is 10.9. The molecule has 0 unspecified atom stereocenters. The van der Waals surface area contributed by atoms with E-state index in [1.165, 1.54) is 63.5 Å². The summed E-state index contributed by atoms with van der Waals surface area (Å²) < 4.78 is 3.81. The first-order chi connectivity index (χ1) is 20.4. The van der Waals surface area contributed by atoms with Crippen LogP contribution in [0.3, 0.4) is 0 Å². The predicted octanol–water partition coefficient (Wildman–Crippen LogP) is 10.7. The molecular formula is C38H37N2S2+. The van der Waals surface area contributed by atoms with Crippen LogP contribution < -0.4 is 9.47 Å². The predicted molar refractivity (Wildman–Crippen MR) is 184 cm³/mol. The summed E-state index contributed by atoms with van der Waals surface area (Å²) in [6.07, 6.45) is 14.0. The van der Waals surface area contributed by atoms with Gasteiger partial charge in [0.2, 0.25) is 5.52 Å². The highest BCUT2D eigenvalue weighted by Crippen LogP contribution is 2.50. The number of nitrogens with zero attached hydrogens (tertiary/aromatic N) is 2. The highest BCUT2D eigenvalue weighted by Gasteiger charge is 2.29. The number of rotatable bonds is 5. The van der Waals surface area contributed by atoms with Crippen molar-refractivity contribution in [3.05, 3.63) is 118 Å². The van der Waals surface area contributed by atoms with E-state index in [1.54, 1.807) is 0 Å². The zero-order valence-corrected chi connectivity index (χ0v) is 26.5. The Morgan fingerprint density at radius 1 is 0.881 bits per heavy atom. The second-order valence-electron chi connectivity index (χ2n) is 12.1. The van der Waals surface area contributed by atoms with E-state index in [1.807, 2.05) is 23.1 Å². The maximum atomic E-state index is 2.48. The molecule has 0 saturated heterocycles. The van der Waals surface area contributed by atoms with Crippen LogP contribution in [0.1, 0.15) is 45.5 Å². The third-order valence-electron chi connectivity index (χ3n) is 8.47. The molecule has 2 aliphatic rings. The third kappa shape index (κ3) is 4.91. The van der Waals surface area contributed by atoms with Crippen LogP contribution in [-0.2, 0) is 6.54 Å². The van der Waals surface area contributed by atoms with E-state index in [9.17, 15) is 0 Å². The Hall–Kier alpha value is -3.60. The lowest BCUT2D eigenvalue weighted by Gasteiger charge is -2.31. The fourth-order valence-electron chi connectivity index (χ4n) is 6.66. The lowest BCUT2D eigenvalue weighted by molar-refractivity contribution is -0.665. The fourth-order valence-corrected chi connectivity index (χ4v) is 9.27. The van der Waals surface area contributed by atoms with E-state index in [2.05, 4.69) is 140 Å². The number of benzene rings is 4. The molecule has 42 heavy (non-hydrogen) atoms. The van der Waals surface area contributed by atoms with Crippen LogP contribution in [0, 0.1) is 5.41 Å². The van der Waals surface area contributed by atoms with Crippen molar-refractivity contribution < 1.29 is 4.57 Å². The Morgan fingerprint density at radius 3 is 2.40 bits per heavy atom. The quantitative estimate of drug-likeness (QED) is 0.189. The summed E-state index contributed by atoms with van der Waals surface area (Å²) >= 11 is 3.82. The molecule has 2 heterocycles. The first-order valence-corrected chi connectivity index (χ1v) is 16.7. The van der Waals surface area contributed by atoms with Crippen LogP contribution in [0.25, 0.3) is 37.8 Å². The molecule has 0 N–H and O–H groups in total. The number of thiazole rings is 1. The number of aryl methyl sites for hydroxylation is 1. The molecule has 7 rings (SSSR count). The lowest BCUT2D eigenvalue weighted by atomic mass is 9.75. The zero-order valence-electron chi connectivity index (χ0n) is 24.9. The molecule has 1 aliphatic heterocycles. The first-order valence-electron chi connectivity index (χ1n) is 15.0. The summed E-state index contributed by atoms with van der Waals surface area (Å²) in [5.74, 6) is 0. The van der Waals surface area contributed by atoms with Gasteiger partial charge in [0.15, 0.2) is 0 Å². The van der Waals surface area contributed by atoms with Crippen LogP contribution in [0.5, 0.6) is 0 Å². The van der Waals surface area contributed by atoms with Gasteiger partial charge in [-0.2, -0.15) is 4.57 Å². The van der Waals surface area contributed by atoms with Gasteiger partial charge in [0.25, 0.3) is 5.01 Å². The van der Waals surface area contributed by atoms with Crippen molar-refractivity contribution in [1.29, 1.82) is 0 Å². The molecule has 4 aromatic carbocycles. The summed E-state index contributed by atoms with van der Waals surface area (Å²) in [5, 5.41) is 7.95. The van der Waals surface area contributed by atoms with Gasteiger partial charge in [0.1, 0.15) is 11.2 Å². The fraction of sp³-hybridized carbons (Fsp3) is 0.237. The first kappa shape index (κ1) is 27.2. The highest BCUT2D eigenvalue weighted by atomic mass is 32.2. The van der Waals surface area contributed by atoms with Gasteiger partial charge in [-0.15, -0.1) is 0 Å². The number of fused-ring (bicyclic) bond motifs is 6. The summed E-state index contributed by atoms with van der Waals surface area (Å²) in [7, 11) is 0. The van der Waals surface area contributed by atoms with Gasteiger partial charge >= 0.3 is 0 Å². The molecule has 0 amide bonds. The van der Waals surface area contributed by atoms with Gasteiger partial charge in [-0.1, -0.05) is 110 Å². The Balaban J connectivity index is 1.21. The maximum Gasteiger partial charge on any atom is 0.262 e. The molecule has 0 atom stereocenters. The highest BCUT2D eigenvalue weighted by molar-refractivity contribution is 8.04. The molecule has 0 spiro atoms. The van der Waals surface area contributed by atoms with Gasteiger partial charge in [0, 0.05) is 29.0 Å². The van der Waals surface area contributed by atoms with Crippen molar-refractivity contribution in [2.24, 2.45) is 5.41 Å². The van der Waals surface area contributed by atoms with Crippen molar-refractivity contribution in [2.75, 3.05) is 11.4 Å². The van der Waals surface area contributed by atoms with Gasteiger partial charge < -0.3 is 4.90 Å². The van der Waals surface area contributed by atoms with Gasteiger partial charge in [-0.3, -0.25) is 0 Å². The summed E-state index contributed by atoms with van der Waals surface area (Å²) in [6.45, 7) is 11.2. The largest absolute Gasteiger partial charge is 0.335 e. The molecule has 0 saturated carbocycles. The van der Waals surface area contributed by atoms with Crippen LogP contribution in [0.15, 0.2) is 118 Å². The SMILES string of the molecule is CCN1C(=CC2=CC(=CC=Cc3sc4c5ccccc5ccc4[n+]3CC)CC(C)(C)C2)Sc2c1ccc1ccccc21. The second kappa shape index (κ2) is 10.9. The van der Waals surface area contributed by atoms with E-state index >= 15 is 0 Å². The standard InChI is InChI=1S/C38H37N2S2/c1-5-39-32-20-18-28-13-7-9-15-30(28)36(32)41-34(39)17-11-12-26-22-27(25-38(3,4)24-26)23-35-40(6-2)33-21-19-29-14-8-10-16-31(29)37(33)42-35/h7-23H,5-6,24-25H2,1-4H3/q+1. The van der Waals surface area contributed by atoms with E-state index in [0.29, 0.717) is 0 Å². The smallest absolute Gasteiger partial charge is 0.262 e.